The van der Waals surface area contributed by atoms with Crippen LogP contribution in [0.25, 0.3) is 0 Å². The van der Waals surface area contributed by atoms with E-state index in [1.165, 1.54) is 4.90 Å². The van der Waals surface area contributed by atoms with Crippen molar-refractivity contribution >= 4 is 28.8 Å². The second-order valence-corrected chi connectivity index (χ2v) is 6.81. The fourth-order valence-electron chi connectivity index (χ4n) is 2.65. The third-order valence-electron chi connectivity index (χ3n) is 4.13. The van der Waals surface area contributed by atoms with Gasteiger partial charge < -0.3 is 11.1 Å². The lowest BCUT2D eigenvalue weighted by Crippen LogP contribution is -2.41. The van der Waals surface area contributed by atoms with Crippen molar-refractivity contribution < 1.29 is 14.4 Å². The van der Waals surface area contributed by atoms with E-state index in [1.54, 1.807) is 18.2 Å². The van der Waals surface area contributed by atoms with E-state index >= 15 is 0 Å². The van der Waals surface area contributed by atoms with Gasteiger partial charge in [-0.15, -0.1) is 0 Å². The Morgan fingerprint density at radius 1 is 1.39 bits per heavy atom. The molecule has 1 heterocycles. The zero-order valence-corrected chi connectivity index (χ0v) is 13.5. The highest BCUT2D eigenvalue weighted by molar-refractivity contribution is 8.14. The molecule has 23 heavy (non-hydrogen) atoms. The van der Waals surface area contributed by atoms with Gasteiger partial charge in [-0.05, 0) is 36.5 Å². The number of carbonyl (C=O) groups is 3. The molecule has 7 heteroatoms. The first-order valence-corrected chi connectivity index (χ1v) is 8.64. The Hall–Kier alpha value is -1.86. The Balaban J connectivity index is 1.68. The van der Waals surface area contributed by atoms with Crippen LogP contribution in [0, 0.1) is 5.92 Å². The molecule has 1 aromatic carbocycles. The molecule has 0 bridgehead atoms. The Morgan fingerprint density at radius 2 is 2.17 bits per heavy atom. The van der Waals surface area contributed by atoms with Crippen LogP contribution in [-0.4, -0.2) is 40.3 Å². The van der Waals surface area contributed by atoms with E-state index in [1.807, 2.05) is 6.07 Å². The van der Waals surface area contributed by atoms with E-state index in [0.29, 0.717) is 18.0 Å². The molecule has 0 radical (unpaired) electrons. The Morgan fingerprint density at radius 3 is 2.78 bits per heavy atom. The number of carbonyl (C=O) groups excluding carboxylic acids is 3. The fraction of sp³-hybridized carbons (Fsp3) is 0.438. The van der Waals surface area contributed by atoms with Crippen LogP contribution in [0.3, 0.4) is 0 Å². The van der Waals surface area contributed by atoms with Crippen molar-refractivity contribution in [3.05, 3.63) is 35.4 Å². The molecule has 1 saturated carbocycles. The Bertz CT molecular complexity index is 629. The summed E-state index contributed by atoms with van der Waals surface area (Å²) in [6, 6.07) is 7.03. The molecule has 2 fully saturated rings. The lowest BCUT2D eigenvalue weighted by molar-refractivity contribution is -0.125. The van der Waals surface area contributed by atoms with Gasteiger partial charge in [-0.3, -0.25) is 19.3 Å². The number of rotatable bonds is 6. The molecule has 3 N–H and O–H groups in total. The summed E-state index contributed by atoms with van der Waals surface area (Å²) in [6.45, 7) is 0.638. The van der Waals surface area contributed by atoms with Gasteiger partial charge in [0.15, 0.2) is 0 Å². The predicted octanol–water partition coefficient (Wildman–Crippen LogP) is 1.35. The Labute approximate surface area is 138 Å². The van der Waals surface area contributed by atoms with Crippen LogP contribution in [0.5, 0.6) is 0 Å². The van der Waals surface area contributed by atoms with Crippen LogP contribution in [0.15, 0.2) is 24.3 Å². The van der Waals surface area contributed by atoms with E-state index in [2.05, 4.69) is 5.32 Å². The minimum Gasteiger partial charge on any atom is -0.348 e. The van der Waals surface area contributed by atoms with Crippen LogP contribution < -0.4 is 11.1 Å². The summed E-state index contributed by atoms with van der Waals surface area (Å²) in [5, 5.41) is 2.73. The molecule has 6 nitrogen and oxygen atoms in total. The van der Waals surface area contributed by atoms with Crippen LogP contribution in [-0.2, 0) is 11.3 Å². The molecule has 1 atom stereocenters. The monoisotopic (exact) mass is 333 g/mol. The second kappa shape index (κ2) is 6.72. The standard InChI is InChI=1S/C16H19N3O3S/c17-7-13(11-4-5-11)18-15(21)12-3-1-2-10(6-12)8-19-14(20)9-23-16(19)22/h1-3,6,11,13H,4-5,7-9,17H2,(H,18,21). The van der Waals surface area contributed by atoms with Crippen molar-refractivity contribution in [1.29, 1.82) is 0 Å². The van der Waals surface area contributed by atoms with E-state index in [-0.39, 0.29) is 35.4 Å². The average Bonchev–Trinajstić information content (AvgIpc) is 3.35. The zero-order chi connectivity index (χ0) is 16.4. The smallest absolute Gasteiger partial charge is 0.289 e. The van der Waals surface area contributed by atoms with Crippen LogP contribution >= 0.6 is 11.8 Å². The highest BCUT2D eigenvalue weighted by Gasteiger charge is 2.32. The van der Waals surface area contributed by atoms with Gasteiger partial charge in [-0.1, -0.05) is 23.9 Å². The quantitative estimate of drug-likeness (QED) is 0.820. The average molecular weight is 333 g/mol. The van der Waals surface area contributed by atoms with Crippen molar-refractivity contribution in [2.75, 3.05) is 12.3 Å². The van der Waals surface area contributed by atoms with Crippen LogP contribution in [0.4, 0.5) is 4.79 Å². The minimum absolute atomic E-state index is 0.0179. The van der Waals surface area contributed by atoms with Crippen molar-refractivity contribution in [3.8, 4) is 0 Å². The highest BCUT2D eigenvalue weighted by atomic mass is 32.2. The zero-order valence-electron chi connectivity index (χ0n) is 12.7. The maximum Gasteiger partial charge on any atom is 0.289 e. The molecule has 3 amide bonds. The number of nitrogens with zero attached hydrogens (tertiary/aromatic N) is 1. The van der Waals surface area contributed by atoms with Gasteiger partial charge in [0.2, 0.25) is 5.91 Å². The lowest BCUT2D eigenvalue weighted by Gasteiger charge is -2.17. The van der Waals surface area contributed by atoms with E-state index in [0.717, 1.165) is 30.2 Å². The molecule has 1 aromatic rings. The number of hydrogen-bond donors (Lipinski definition) is 2. The molecule has 1 unspecified atom stereocenters. The number of imide groups is 1. The SMILES string of the molecule is NCC(NC(=O)c1cccc(CN2C(=O)CSC2=O)c1)C1CC1. The topological polar surface area (TPSA) is 92.5 Å². The van der Waals surface area contributed by atoms with Gasteiger partial charge in [0, 0.05) is 18.2 Å². The molecule has 1 aliphatic carbocycles. The number of thioether (sulfide) groups is 1. The molecule has 1 saturated heterocycles. The van der Waals surface area contributed by atoms with Crippen LogP contribution in [0.2, 0.25) is 0 Å². The van der Waals surface area contributed by atoms with E-state index in [9.17, 15) is 14.4 Å². The predicted molar refractivity (Wildman–Crippen MR) is 87.9 cm³/mol. The summed E-state index contributed by atoms with van der Waals surface area (Å²) in [7, 11) is 0. The van der Waals surface area contributed by atoms with Gasteiger partial charge in [-0.2, -0.15) is 0 Å². The molecule has 122 valence electrons. The van der Waals surface area contributed by atoms with Gasteiger partial charge in [0.25, 0.3) is 11.1 Å². The first-order valence-electron chi connectivity index (χ1n) is 7.65. The van der Waals surface area contributed by atoms with Crippen molar-refractivity contribution in [1.82, 2.24) is 10.2 Å². The normalized spacial score (nSPS) is 19.1. The lowest BCUT2D eigenvalue weighted by atomic mass is 10.1. The third kappa shape index (κ3) is 3.73. The first-order chi connectivity index (χ1) is 11.1. The van der Waals surface area contributed by atoms with Gasteiger partial charge >= 0.3 is 0 Å². The van der Waals surface area contributed by atoms with E-state index < -0.39 is 0 Å². The largest absolute Gasteiger partial charge is 0.348 e. The highest BCUT2D eigenvalue weighted by Crippen LogP contribution is 2.32. The summed E-state index contributed by atoms with van der Waals surface area (Å²) in [4.78, 5) is 36.9. The van der Waals surface area contributed by atoms with Crippen molar-refractivity contribution in [3.63, 3.8) is 0 Å². The van der Waals surface area contributed by atoms with Crippen LogP contribution in [0.1, 0.15) is 28.8 Å². The maximum absolute atomic E-state index is 12.3. The third-order valence-corrected chi connectivity index (χ3v) is 4.99. The molecule has 1 aliphatic heterocycles. The van der Waals surface area contributed by atoms with E-state index in [4.69, 9.17) is 5.73 Å². The summed E-state index contributed by atoms with van der Waals surface area (Å²) in [5.41, 5.74) is 6.99. The number of nitrogens with two attached hydrogens (primary N) is 1. The molecule has 0 spiro atoms. The number of amides is 3. The number of hydrogen-bond acceptors (Lipinski definition) is 5. The van der Waals surface area contributed by atoms with Gasteiger partial charge in [-0.25, -0.2) is 0 Å². The summed E-state index contributed by atoms with van der Waals surface area (Å²) in [5.74, 6) is 0.330. The van der Waals surface area contributed by atoms with Crippen molar-refractivity contribution in [2.24, 2.45) is 11.7 Å². The summed E-state index contributed by atoms with van der Waals surface area (Å²) >= 11 is 1.01. The minimum atomic E-state index is -0.234. The summed E-state index contributed by atoms with van der Waals surface area (Å²) < 4.78 is 0. The number of nitrogens with one attached hydrogen (secondary N) is 1. The summed E-state index contributed by atoms with van der Waals surface area (Å²) in [6.07, 6.45) is 2.22. The van der Waals surface area contributed by atoms with Gasteiger partial charge in [0.1, 0.15) is 0 Å². The fourth-order valence-corrected chi connectivity index (χ4v) is 3.37. The molecular weight excluding hydrogens is 314 g/mol. The van der Waals surface area contributed by atoms with Crippen molar-refractivity contribution in [2.45, 2.75) is 25.4 Å². The Kier molecular flexibility index (Phi) is 4.68. The van der Waals surface area contributed by atoms with Gasteiger partial charge in [0.05, 0.1) is 12.3 Å². The maximum atomic E-state index is 12.3. The molecule has 2 aliphatic rings. The molecule has 3 rings (SSSR count). The number of benzene rings is 1. The molecular formula is C16H19N3O3S. The molecule has 0 aromatic heterocycles. The first kappa shape index (κ1) is 16.0. The second-order valence-electron chi connectivity index (χ2n) is 5.89.